The minimum absolute atomic E-state index is 0.0200. The van der Waals surface area contributed by atoms with Crippen molar-refractivity contribution in [3.05, 3.63) is 64.6 Å². The summed E-state index contributed by atoms with van der Waals surface area (Å²) >= 11 is 0. The lowest BCUT2D eigenvalue weighted by Crippen LogP contribution is -2.56. The van der Waals surface area contributed by atoms with Crippen molar-refractivity contribution in [3.63, 3.8) is 0 Å². The average Bonchev–Trinajstić information content (AvgIpc) is 3.37. The second-order valence-corrected chi connectivity index (χ2v) is 12.1. The van der Waals surface area contributed by atoms with Crippen LogP contribution in [0, 0.1) is 10.1 Å². The van der Waals surface area contributed by atoms with Crippen molar-refractivity contribution in [1.29, 1.82) is 0 Å². The summed E-state index contributed by atoms with van der Waals surface area (Å²) in [6, 6.07) is 9.00. The largest absolute Gasteiger partial charge is 0.485 e. The van der Waals surface area contributed by atoms with E-state index in [1.165, 1.54) is 38.2 Å². The van der Waals surface area contributed by atoms with Gasteiger partial charge in [0.05, 0.1) is 35.1 Å². The summed E-state index contributed by atoms with van der Waals surface area (Å²) in [6.45, 7) is 6.18. The molecule has 0 amide bonds. The van der Waals surface area contributed by atoms with Gasteiger partial charge in [-0.05, 0) is 39.0 Å². The summed E-state index contributed by atoms with van der Waals surface area (Å²) in [5.41, 5.74) is -1.79. The topological polar surface area (TPSA) is 163 Å². The van der Waals surface area contributed by atoms with Crippen molar-refractivity contribution in [2.75, 3.05) is 24.7 Å². The molecule has 4 aromatic rings. The lowest BCUT2D eigenvalue weighted by atomic mass is 10.0. The van der Waals surface area contributed by atoms with Gasteiger partial charge < -0.3 is 19.5 Å². The Hall–Kier alpha value is -4.14. The van der Waals surface area contributed by atoms with Gasteiger partial charge in [0.15, 0.2) is 23.0 Å². The number of benzene rings is 1. The summed E-state index contributed by atoms with van der Waals surface area (Å²) in [6.07, 6.45) is 2.30. The zero-order chi connectivity index (χ0) is 28.4. The van der Waals surface area contributed by atoms with Crippen LogP contribution < -0.4 is 9.64 Å². The second-order valence-electron chi connectivity index (χ2n) is 10.3. The number of nitrogens with zero attached hydrogens (tertiary/aromatic N) is 6. The van der Waals surface area contributed by atoms with Gasteiger partial charge in [0.25, 0.3) is 15.7 Å². The number of rotatable bonds is 5. The Kier molecular flexibility index (Phi) is 6.01. The molecule has 208 valence electrons. The number of anilines is 1. The van der Waals surface area contributed by atoms with Gasteiger partial charge >= 0.3 is 0 Å². The second kappa shape index (κ2) is 9.21. The fraction of sp³-hybridized carbons (Fsp3) is 0.346. The monoisotopic (exact) mass is 566 g/mol. The van der Waals surface area contributed by atoms with Crippen LogP contribution in [0.2, 0.25) is 0 Å². The number of hydrogen-bond acceptors (Lipinski definition) is 11. The first kappa shape index (κ1) is 26.1. The average molecular weight is 567 g/mol. The molecule has 1 N–H and O–H groups in total. The van der Waals surface area contributed by atoms with Gasteiger partial charge in [-0.2, -0.15) is 0 Å². The molecule has 2 atom stereocenters. The van der Waals surface area contributed by atoms with E-state index in [1.807, 2.05) is 11.8 Å². The number of aromatic nitrogens is 4. The van der Waals surface area contributed by atoms with Gasteiger partial charge in [-0.1, -0.05) is 18.2 Å². The molecule has 0 bridgehead atoms. The highest BCUT2D eigenvalue weighted by atomic mass is 32.2. The highest BCUT2D eigenvalue weighted by Gasteiger charge is 2.41. The minimum Gasteiger partial charge on any atom is -0.485 e. The summed E-state index contributed by atoms with van der Waals surface area (Å²) < 4.78 is 39.6. The summed E-state index contributed by atoms with van der Waals surface area (Å²) in [7, 11) is -4.06. The first-order valence-electron chi connectivity index (χ1n) is 12.6. The third kappa shape index (κ3) is 4.06. The van der Waals surface area contributed by atoms with E-state index in [2.05, 4.69) is 9.97 Å². The highest BCUT2D eigenvalue weighted by Crippen LogP contribution is 2.44. The predicted octanol–water partition coefficient (Wildman–Crippen LogP) is 2.85. The van der Waals surface area contributed by atoms with E-state index in [9.17, 15) is 23.6 Å². The molecule has 1 fully saturated rings. The van der Waals surface area contributed by atoms with Gasteiger partial charge in [-0.15, -0.1) is 0 Å². The Morgan fingerprint density at radius 3 is 2.58 bits per heavy atom. The minimum atomic E-state index is -4.06. The van der Waals surface area contributed by atoms with Gasteiger partial charge in [-0.25, -0.2) is 27.3 Å². The van der Waals surface area contributed by atoms with Crippen molar-refractivity contribution >= 4 is 32.6 Å². The molecule has 0 aliphatic carbocycles. The molecule has 0 saturated carbocycles. The molecule has 1 aromatic carbocycles. The number of aliphatic hydroxyl groups is 1. The number of hydrogen-bond donors (Lipinski definition) is 1. The molecule has 14 heteroatoms. The Labute approximate surface area is 229 Å². The fourth-order valence-corrected chi connectivity index (χ4v) is 6.51. The fourth-order valence-electron chi connectivity index (χ4n) is 5.18. The zero-order valence-corrected chi connectivity index (χ0v) is 22.7. The molecule has 40 heavy (non-hydrogen) atoms. The number of ether oxygens (including phenoxy) is 2. The van der Waals surface area contributed by atoms with E-state index >= 15 is 0 Å². The van der Waals surface area contributed by atoms with Crippen LogP contribution in [0.15, 0.2) is 53.7 Å². The predicted molar refractivity (Wildman–Crippen MR) is 144 cm³/mol. The van der Waals surface area contributed by atoms with Crippen LogP contribution in [0.4, 0.5) is 11.5 Å². The van der Waals surface area contributed by atoms with Crippen LogP contribution >= 0.6 is 0 Å². The quantitative estimate of drug-likeness (QED) is 0.279. The van der Waals surface area contributed by atoms with E-state index in [0.29, 0.717) is 31.4 Å². The standard InChI is InChI=1S/C26H26N6O7S/c1-15-12-38-13-16-14-39-21-22(26(2,3)33)28-23(29-25(21)31(15)16)20-18-9-10-30(24(18)27-11-19(20)32(34)35)40(36,37)17-7-5-4-6-8-17/h4-11,15-16,33H,12-14H2,1-3H3/t15-,16+/m1/s1. The Bertz CT molecular complexity index is 1750. The number of pyridine rings is 1. The van der Waals surface area contributed by atoms with Gasteiger partial charge in [0, 0.05) is 11.6 Å². The first-order valence-corrected chi connectivity index (χ1v) is 14.0. The van der Waals surface area contributed by atoms with Crippen LogP contribution in [-0.4, -0.2) is 69.3 Å². The molecular weight excluding hydrogens is 540 g/mol. The van der Waals surface area contributed by atoms with Crippen molar-refractivity contribution in [3.8, 4) is 17.1 Å². The highest BCUT2D eigenvalue weighted by molar-refractivity contribution is 7.90. The van der Waals surface area contributed by atoms with Gasteiger partial charge in [0.2, 0.25) is 0 Å². The van der Waals surface area contributed by atoms with Crippen molar-refractivity contribution in [2.45, 2.75) is 43.4 Å². The molecule has 0 radical (unpaired) electrons. The van der Waals surface area contributed by atoms with Crippen molar-refractivity contribution in [1.82, 2.24) is 18.9 Å². The van der Waals surface area contributed by atoms with E-state index in [0.717, 1.165) is 10.2 Å². The maximum atomic E-state index is 13.4. The third-order valence-electron chi connectivity index (χ3n) is 7.01. The Morgan fingerprint density at radius 2 is 1.88 bits per heavy atom. The molecule has 0 spiro atoms. The van der Waals surface area contributed by atoms with E-state index in [4.69, 9.17) is 14.5 Å². The first-order chi connectivity index (χ1) is 19.0. The summed E-state index contributed by atoms with van der Waals surface area (Å²) in [4.78, 5) is 27.1. The van der Waals surface area contributed by atoms with E-state index in [-0.39, 0.29) is 45.1 Å². The molecule has 0 unspecified atom stereocenters. The van der Waals surface area contributed by atoms with Gasteiger partial charge in [-0.3, -0.25) is 10.1 Å². The molecule has 5 heterocycles. The molecule has 6 rings (SSSR count). The lowest BCUT2D eigenvalue weighted by Gasteiger charge is -2.45. The Balaban J connectivity index is 1.63. The van der Waals surface area contributed by atoms with Crippen molar-refractivity contribution < 1.29 is 27.9 Å². The van der Waals surface area contributed by atoms with Crippen LogP contribution in [0.25, 0.3) is 22.4 Å². The van der Waals surface area contributed by atoms with Crippen LogP contribution in [-0.2, 0) is 20.4 Å². The zero-order valence-electron chi connectivity index (χ0n) is 21.9. The molecule has 2 aliphatic rings. The number of nitro groups is 1. The molecule has 1 saturated heterocycles. The van der Waals surface area contributed by atoms with Crippen molar-refractivity contribution in [2.24, 2.45) is 0 Å². The number of morpholine rings is 1. The SMILES string of the molecule is C[C@@H]1COC[C@H]2COc3c(nc(-c4c([N+](=O)[O-])cnc5c4ccn5S(=O)(=O)c4ccccc4)nc3C(C)(C)O)N21. The van der Waals surface area contributed by atoms with E-state index < -0.39 is 26.2 Å². The maximum absolute atomic E-state index is 13.4. The maximum Gasteiger partial charge on any atom is 0.299 e. The third-order valence-corrected chi connectivity index (χ3v) is 8.69. The molecule has 2 aliphatic heterocycles. The summed E-state index contributed by atoms with van der Waals surface area (Å²) in [5.74, 6) is 0.607. The smallest absolute Gasteiger partial charge is 0.299 e. The van der Waals surface area contributed by atoms with Gasteiger partial charge in [0.1, 0.15) is 29.7 Å². The van der Waals surface area contributed by atoms with Crippen LogP contribution in [0.3, 0.4) is 0 Å². The normalized spacial score (nSPS) is 19.1. The number of fused-ring (bicyclic) bond motifs is 4. The lowest BCUT2D eigenvalue weighted by molar-refractivity contribution is -0.384. The van der Waals surface area contributed by atoms with Crippen LogP contribution in [0.5, 0.6) is 5.75 Å². The Morgan fingerprint density at radius 1 is 1.12 bits per heavy atom. The summed E-state index contributed by atoms with van der Waals surface area (Å²) in [5, 5.41) is 23.4. The van der Waals surface area contributed by atoms with E-state index in [1.54, 1.807) is 18.2 Å². The molecular formula is C26H26N6O7S. The van der Waals surface area contributed by atoms with Crippen LogP contribution in [0.1, 0.15) is 26.5 Å². The molecule has 3 aromatic heterocycles. The molecule has 13 nitrogen and oxygen atoms in total.